The van der Waals surface area contributed by atoms with Crippen molar-refractivity contribution < 1.29 is 9.21 Å². The van der Waals surface area contributed by atoms with E-state index in [2.05, 4.69) is 22.7 Å². The van der Waals surface area contributed by atoms with Gasteiger partial charge in [-0.25, -0.2) is 4.79 Å². The predicted molar refractivity (Wildman–Crippen MR) is 86.2 cm³/mol. The number of rotatable bonds is 4. The molecular weight excluding hydrogens is 292 g/mol. The SMILES string of the molecule is C[C@@H](C1CC1)n1cc(NC(=O)N[C@H]2CCCc3occc32)cn1. The minimum Gasteiger partial charge on any atom is -0.469 e. The summed E-state index contributed by atoms with van der Waals surface area (Å²) >= 11 is 0. The van der Waals surface area contributed by atoms with Crippen LogP contribution in [0, 0.1) is 5.92 Å². The van der Waals surface area contributed by atoms with Crippen LogP contribution in [0.4, 0.5) is 10.5 Å². The van der Waals surface area contributed by atoms with Gasteiger partial charge in [0.25, 0.3) is 0 Å². The first-order chi connectivity index (χ1) is 11.2. The number of anilines is 1. The molecule has 6 nitrogen and oxygen atoms in total. The number of hydrogen-bond donors (Lipinski definition) is 2. The van der Waals surface area contributed by atoms with Crippen LogP contribution in [0.15, 0.2) is 29.1 Å². The molecule has 0 aromatic carbocycles. The Hall–Kier alpha value is -2.24. The molecule has 2 aliphatic rings. The average molecular weight is 314 g/mol. The molecule has 2 N–H and O–H groups in total. The van der Waals surface area contributed by atoms with Gasteiger partial charge >= 0.3 is 6.03 Å². The first-order valence-electron chi connectivity index (χ1n) is 8.38. The molecule has 2 heterocycles. The highest BCUT2D eigenvalue weighted by atomic mass is 16.3. The van der Waals surface area contributed by atoms with Crippen molar-refractivity contribution in [1.82, 2.24) is 15.1 Å². The normalized spacial score (nSPS) is 21.5. The zero-order valence-corrected chi connectivity index (χ0v) is 13.3. The molecule has 1 fully saturated rings. The number of hydrogen-bond acceptors (Lipinski definition) is 3. The van der Waals surface area contributed by atoms with Crippen LogP contribution >= 0.6 is 0 Å². The first-order valence-corrected chi connectivity index (χ1v) is 8.38. The van der Waals surface area contributed by atoms with Crippen molar-refractivity contribution in [2.75, 3.05) is 5.32 Å². The van der Waals surface area contributed by atoms with Gasteiger partial charge < -0.3 is 15.1 Å². The Morgan fingerprint density at radius 2 is 2.30 bits per heavy atom. The van der Waals surface area contributed by atoms with Gasteiger partial charge in [0.1, 0.15) is 5.76 Å². The number of nitrogens with one attached hydrogen (secondary N) is 2. The average Bonchev–Trinajstić information content (AvgIpc) is 3.08. The van der Waals surface area contributed by atoms with Crippen molar-refractivity contribution >= 4 is 11.7 Å². The molecule has 122 valence electrons. The van der Waals surface area contributed by atoms with Crippen molar-refractivity contribution in [3.8, 4) is 0 Å². The summed E-state index contributed by atoms with van der Waals surface area (Å²) in [4.78, 5) is 12.2. The Morgan fingerprint density at radius 1 is 1.43 bits per heavy atom. The number of amides is 2. The number of urea groups is 1. The molecule has 1 saturated carbocycles. The third-order valence-electron chi connectivity index (χ3n) is 4.94. The highest BCUT2D eigenvalue weighted by Crippen LogP contribution is 2.39. The van der Waals surface area contributed by atoms with Crippen LogP contribution in [0.1, 0.15) is 56.0 Å². The van der Waals surface area contributed by atoms with Gasteiger partial charge in [0.15, 0.2) is 0 Å². The second-order valence-corrected chi connectivity index (χ2v) is 6.63. The summed E-state index contributed by atoms with van der Waals surface area (Å²) in [6.45, 7) is 2.18. The molecule has 0 radical (unpaired) electrons. The molecule has 4 rings (SSSR count). The molecule has 2 aromatic rings. The van der Waals surface area contributed by atoms with Gasteiger partial charge in [0.05, 0.1) is 30.2 Å². The van der Waals surface area contributed by atoms with Gasteiger partial charge in [-0.15, -0.1) is 0 Å². The molecular formula is C17H22N4O2. The molecule has 0 spiro atoms. The van der Waals surface area contributed by atoms with Crippen LogP contribution in [0.5, 0.6) is 0 Å². The van der Waals surface area contributed by atoms with Crippen molar-refractivity contribution in [3.05, 3.63) is 36.0 Å². The van der Waals surface area contributed by atoms with Gasteiger partial charge in [-0.2, -0.15) is 5.10 Å². The van der Waals surface area contributed by atoms with Crippen LogP contribution in [0.3, 0.4) is 0 Å². The van der Waals surface area contributed by atoms with Crippen molar-refractivity contribution in [3.63, 3.8) is 0 Å². The largest absolute Gasteiger partial charge is 0.469 e. The van der Waals surface area contributed by atoms with E-state index < -0.39 is 0 Å². The summed E-state index contributed by atoms with van der Waals surface area (Å²) in [7, 11) is 0. The van der Waals surface area contributed by atoms with E-state index in [4.69, 9.17) is 4.42 Å². The molecule has 2 aliphatic carbocycles. The molecule has 0 bridgehead atoms. The third-order valence-corrected chi connectivity index (χ3v) is 4.94. The van der Waals surface area contributed by atoms with Crippen LogP contribution in [-0.4, -0.2) is 15.8 Å². The number of furan rings is 1. The number of nitrogens with zero attached hydrogens (tertiary/aromatic N) is 2. The minimum absolute atomic E-state index is 0.0259. The third kappa shape index (κ3) is 2.98. The van der Waals surface area contributed by atoms with Crippen LogP contribution in [-0.2, 0) is 6.42 Å². The zero-order chi connectivity index (χ0) is 15.8. The fraction of sp³-hybridized carbons (Fsp3) is 0.529. The Morgan fingerprint density at radius 3 is 3.13 bits per heavy atom. The van der Waals surface area contributed by atoms with E-state index in [1.165, 1.54) is 12.8 Å². The molecule has 2 atom stereocenters. The fourth-order valence-corrected chi connectivity index (χ4v) is 3.38. The summed E-state index contributed by atoms with van der Waals surface area (Å²) in [5.41, 5.74) is 1.84. The fourth-order valence-electron chi connectivity index (χ4n) is 3.38. The first kappa shape index (κ1) is 14.4. The maximum Gasteiger partial charge on any atom is 0.319 e. The molecule has 0 unspecified atom stereocenters. The Balaban J connectivity index is 1.37. The van der Waals surface area contributed by atoms with E-state index in [0.29, 0.717) is 6.04 Å². The van der Waals surface area contributed by atoms with Gasteiger partial charge in [-0.05, 0) is 44.6 Å². The van der Waals surface area contributed by atoms with Crippen molar-refractivity contribution in [1.29, 1.82) is 0 Å². The second kappa shape index (κ2) is 5.76. The summed E-state index contributed by atoms with van der Waals surface area (Å²) in [5.74, 6) is 1.73. The van der Waals surface area contributed by atoms with Gasteiger partial charge in [0.2, 0.25) is 0 Å². The number of aromatic nitrogens is 2. The summed E-state index contributed by atoms with van der Waals surface area (Å²) < 4.78 is 7.41. The maximum absolute atomic E-state index is 12.2. The quantitative estimate of drug-likeness (QED) is 0.905. The van der Waals surface area contributed by atoms with Gasteiger partial charge in [0, 0.05) is 18.2 Å². The summed E-state index contributed by atoms with van der Waals surface area (Å²) in [6, 6.07) is 2.19. The van der Waals surface area contributed by atoms with Crippen molar-refractivity contribution in [2.24, 2.45) is 5.92 Å². The lowest BCUT2D eigenvalue weighted by atomic mass is 9.93. The Labute approximate surface area is 135 Å². The van der Waals surface area contributed by atoms with E-state index >= 15 is 0 Å². The molecule has 2 aromatic heterocycles. The van der Waals surface area contributed by atoms with E-state index in [-0.39, 0.29) is 12.1 Å². The lowest BCUT2D eigenvalue weighted by molar-refractivity contribution is 0.246. The maximum atomic E-state index is 12.2. The number of aryl methyl sites for hydroxylation is 1. The Kier molecular flexibility index (Phi) is 3.59. The highest BCUT2D eigenvalue weighted by Gasteiger charge is 2.29. The van der Waals surface area contributed by atoms with Gasteiger partial charge in [-0.1, -0.05) is 0 Å². The smallest absolute Gasteiger partial charge is 0.319 e. The monoisotopic (exact) mass is 314 g/mol. The van der Waals surface area contributed by atoms with Crippen molar-refractivity contribution in [2.45, 2.75) is 51.1 Å². The molecule has 6 heteroatoms. The number of fused-ring (bicyclic) bond motifs is 1. The molecule has 0 saturated heterocycles. The molecule has 0 aliphatic heterocycles. The lowest BCUT2D eigenvalue weighted by Crippen LogP contribution is -2.33. The van der Waals surface area contributed by atoms with Gasteiger partial charge in [-0.3, -0.25) is 4.68 Å². The topological polar surface area (TPSA) is 72.1 Å². The van der Waals surface area contributed by atoms with E-state index in [0.717, 1.165) is 42.2 Å². The predicted octanol–water partition coefficient (Wildman–Crippen LogP) is 3.65. The van der Waals surface area contributed by atoms with E-state index in [1.54, 1.807) is 12.5 Å². The minimum atomic E-state index is -0.192. The number of carbonyl (C=O) groups excluding carboxylic acids is 1. The standard InChI is InChI=1S/C17H22N4O2/c1-11(12-5-6-12)21-10-13(9-18-21)19-17(22)20-15-3-2-4-16-14(15)7-8-23-16/h7-12,15H,2-6H2,1H3,(H2,19,20,22)/t11-,15-/m0/s1. The summed E-state index contributed by atoms with van der Waals surface area (Å²) in [6.07, 6.45) is 10.8. The van der Waals surface area contributed by atoms with Crippen LogP contribution < -0.4 is 10.6 Å². The number of carbonyl (C=O) groups is 1. The van der Waals surface area contributed by atoms with Crippen LogP contribution in [0.2, 0.25) is 0 Å². The lowest BCUT2D eigenvalue weighted by Gasteiger charge is -2.22. The highest BCUT2D eigenvalue weighted by molar-refractivity contribution is 5.89. The molecule has 2 amide bonds. The van der Waals surface area contributed by atoms with Crippen LogP contribution in [0.25, 0.3) is 0 Å². The Bertz CT molecular complexity index is 701. The van der Waals surface area contributed by atoms with E-state index in [9.17, 15) is 4.79 Å². The zero-order valence-electron chi connectivity index (χ0n) is 13.3. The second-order valence-electron chi connectivity index (χ2n) is 6.63. The summed E-state index contributed by atoms with van der Waals surface area (Å²) in [5, 5.41) is 10.3. The van der Waals surface area contributed by atoms with E-state index in [1.807, 2.05) is 16.9 Å². The molecule has 23 heavy (non-hydrogen) atoms.